The van der Waals surface area contributed by atoms with E-state index in [9.17, 15) is 4.79 Å². The Morgan fingerprint density at radius 1 is 1.47 bits per heavy atom. The lowest BCUT2D eigenvalue weighted by molar-refractivity contribution is 0.0695. The van der Waals surface area contributed by atoms with E-state index in [0.717, 1.165) is 23.2 Å². The summed E-state index contributed by atoms with van der Waals surface area (Å²) in [6.07, 6.45) is 6.00. The number of ether oxygens (including phenoxy) is 1. The third-order valence-corrected chi connectivity index (χ3v) is 4.44. The van der Waals surface area contributed by atoms with Gasteiger partial charge >= 0.3 is 5.97 Å². The molecular weight excluding hydrogens is 308 g/mol. The molecular formula is C15H19BrO3. The molecule has 3 nitrogen and oxygen atoms in total. The third-order valence-electron chi connectivity index (χ3n) is 3.78. The first-order valence-electron chi connectivity index (χ1n) is 6.79. The molecule has 1 aliphatic rings. The van der Waals surface area contributed by atoms with Gasteiger partial charge in [-0.3, -0.25) is 0 Å². The number of hydrogen-bond acceptors (Lipinski definition) is 2. The van der Waals surface area contributed by atoms with Crippen molar-refractivity contribution in [3.8, 4) is 5.75 Å². The maximum absolute atomic E-state index is 11.0. The molecule has 4 heteroatoms. The molecule has 1 N–H and O–H groups in total. The van der Waals surface area contributed by atoms with Crippen LogP contribution in [0, 0.1) is 5.92 Å². The predicted molar refractivity (Wildman–Crippen MR) is 77.8 cm³/mol. The molecule has 0 radical (unpaired) electrons. The zero-order valence-corrected chi connectivity index (χ0v) is 12.6. The quantitative estimate of drug-likeness (QED) is 0.886. The van der Waals surface area contributed by atoms with Gasteiger partial charge in [0.05, 0.1) is 16.1 Å². The number of rotatable bonds is 4. The summed E-state index contributed by atoms with van der Waals surface area (Å²) in [5, 5.41) is 9.02. The molecule has 1 fully saturated rings. The zero-order chi connectivity index (χ0) is 13.8. The third kappa shape index (κ3) is 3.72. The van der Waals surface area contributed by atoms with Crippen molar-refractivity contribution in [3.05, 3.63) is 28.2 Å². The highest BCUT2D eigenvalue weighted by Crippen LogP contribution is 2.33. The van der Waals surface area contributed by atoms with Gasteiger partial charge in [-0.05, 0) is 59.3 Å². The second kappa shape index (κ2) is 6.42. The summed E-state index contributed by atoms with van der Waals surface area (Å²) in [5.74, 6) is 0.453. The van der Waals surface area contributed by atoms with E-state index in [1.165, 1.54) is 19.3 Å². The highest BCUT2D eigenvalue weighted by atomic mass is 79.9. The fraction of sp³-hybridized carbons (Fsp3) is 0.533. The molecule has 104 valence electrons. The lowest BCUT2D eigenvalue weighted by Gasteiger charge is -2.29. The van der Waals surface area contributed by atoms with E-state index < -0.39 is 5.97 Å². The maximum Gasteiger partial charge on any atom is 0.335 e. The van der Waals surface area contributed by atoms with Gasteiger partial charge in [-0.15, -0.1) is 0 Å². The van der Waals surface area contributed by atoms with Crippen LogP contribution in [0.5, 0.6) is 5.75 Å². The topological polar surface area (TPSA) is 46.5 Å². The van der Waals surface area contributed by atoms with Crippen molar-refractivity contribution in [1.82, 2.24) is 0 Å². The highest BCUT2D eigenvalue weighted by Gasteiger charge is 2.23. The molecule has 2 rings (SSSR count). The molecule has 1 saturated carbocycles. The van der Waals surface area contributed by atoms with Crippen molar-refractivity contribution in [1.29, 1.82) is 0 Å². The van der Waals surface area contributed by atoms with Crippen LogP contribution in [-0.4, -0.2) is 17.2 Å². The van der Waals surface area contributed by atoms with E-state index in [1.807, 2.05) is 0 Å². The number of carbonyl (C=O) groups is 1. The van der Waals surface area contributed by atoms with Crippen LogP contribution in [0.15, 0.2) is 22.7 Å². The molecule has 2 unspecified atom stereocenters. The van der Waals surface area contributed by atoms with Crippen LogP contribution in [0.2, 0.25) is 0 Å². The van der Waals surface area contributed by atoms with E-state index >= 15 is 0 Å². The smallest absolute Gasteiger partial charge is 0.335 e. The standard InChI is InChI=1S/C15H19BrO3/c1-2-10-4-3-5-12(8-10)19-14-9-11(15(17)18)6-7-13(14)16/h6-7,9-10,12H,2-5,8H2,1H3,(H,17,18). The molecule has 0 spiro atoms. The van der Waals surface area contributed by atoms with Crippen LogP contribution in [0.25, 0.3) is 0 Å². The Kier molecular flexibility index (Phi) is 4.86. The summed E-state index contributed by atoms with van der Waals surface area (Å²) in [6.45, 7) is 2.22. The number of halogens is 1. The average molecular weight is 327 g/mol. The minimum absolute atomic E-state index is 0.207. The van der Waals surface area contributed by atoms with Crippen molar-refractivity contribution in [2.45, 2.75) is 45.1 Å². The number of aromatic carboxylic acids is 1. The molecule has 1 aliphatic carbocycles. The number of carboxylic acid groups (broad SMARTS) is 1. The van der Waals surface area contributed by atoms with Gasteiger partial charge in [-0.25, -0.2) is 4.79 Å². The van der Waals surface area contributed by atoms with Crippen LogP contribution in [0.1, 0.15) is 49.4 Å². The van der Waals surface area contributed by atoms with Gasteiger partial charge < -0.3 is 9.84 Å². The molecule has 0 heterocycles. The minimum atomic E-state index is -0.924. The predicted octanol–water partition coefficient (Wildman–Crippen LogP) is 4.49. The van der Waals surface area contributed by atoms with E-state index in [4.69, 9.17) is 9.84 Å². The van der Waals surface area contributed by atoms with Crippen molar-refractivity contribution in [3.63, 3.8) is 0 Å². The fourth-order valence-electron chi connectivity index (χ4n) is 2.63. The zero-order valence-electron chi connectivity index (χ0n) is 11.1. The first-order chi connectivity index (χ1) is 9.10. The van der Waals surface area contributed by atoms with E-state index in [0.29, 0.717) is 5.75 Å². The average Bonchev–Trinajstić information content (AvgIpc) is 2.41. The largest absolute Gasteiger partial charge is 0.489 e. The molecule has 19 heavy (non-hydrogen) atoms. The summed E-state index contributed by atoms with van der Waals surface area (Å²) in [5.41, 5.74) is 0.265. The van der Waals surface area contributed by atoms with Gasteiger partial charge in [0, 0.05) is 0 Å². The Bertz CT molecular complexity index is 459. The second-order valence-corrected chi connectivity index (χ2v) is 5.99. The van der Waals surface area contributed by atoms with Crippen molar-refractivity contribution >= 4 is 21.9 Å². The van der Waals surface area contributed by atoms with Gasteiger partial charge in [0.15, 0.2) is 0 Å². The Morgan fingerprint density at radius 3 is 2.95 bits per heavy atom. The maximum atomic E-state index is 11.0. The van der Waals surface area contributed by atoms with Gasteiger partial charge in [-0.2, -0.15) is 0 Å². The number of hydrogen-bond donors (Lipinski definition) is 1. The van der Waals surface area contributed by atoms with Crippen molar-refractivity contribution in [2.75, 3.05) is 0 Å². The summed E-state index contributed by atoms with van der Waals surface area (Å²) in [7, 11) is 0. The fourth-order valence-corrected chi connectivity index (χ4v) is 2.97. The van der Waals surface area contributed by atoms with Crippen LogP contribution in [0.3, 0.4) is 0 Å². The lowest BCUT2D eigenvalue weighted by atomic mass is 9.85. The van der Waals surface area contributed by atoms with E-state index in [1.54, 1.807) is 18.2 Å². The molecule has 0 aliphatic heterocycles. The molecule has 1 aromatic rings. The number of carboxylic acids is 1. The highest BCUT2D eigenvalue weighted by molar-refractivity contribution is 9.10. The van der Waals surface area contributed by atoms with Gasteiger partial charge in [-0.1, -0.05) is 19.8 Å². The van der Waals surface area contributed by atoms with Crippen molar-refractivity contribution < 1.29 is 14.6 Å². The van der Waals surface area contributed by atoms with Crippen LogP contribution in [0.4, 0.5) is 0 Å². The first kappa shape index (κ1) is 14.4. The summed E-state index contributed by atoms with van der Waals surface area (Å²) in [4.78, 5) is 11.0. The minimum Gasteiger partial charge on any atom is -0.489 e. The normalized spacial score (nSPS) is 23.1. The monoisotopic (exact) mass is 326 g/mol. The molecule has 2 atom stereocenters. The Morgan fingerprint density at radius 2 is 2.26 bits per heavy atom. The lowest BCUT2D eigenvalue weighted by Crippen LogP contribution is -2.25. The summed E-state index contributed by atoms with van der Waals surface area (Å²) in [6, 6.07) is 4.91. The Labute approximate surface area is 122 Å². The second-order valence-electron chi connectivity index (χ2n) is 5.13. The van der Waals surface area contributed by atoms with Crippen molar-refractivity contribution in [2.24, 2.45) is 5.92 Å². The van der Waals surface area contributed by atoms with E-state index in [-0.39, 0.29) is 11.7 Å². The van der Waals surface area contributed by atoms with Gasteiger partial charge in [0.25, 0.3) is 0 Å². The SMILES string of the molecule is CCC1CCCC(Oc2cc(C(=O)O)ccc2Br)C1. The molecule has 0 aromatic heterocycles. The van der Waals surface area contributed by atoms with Crippen LogP contribution in [-0.2, 0) is 0 Å². The Hall–Kier alpha value is -1.03. The molecule has 0 bridgehead atoms. The molecule has 0 amide bonds. The van der Waals surface area contributed by atoms with E-state index in [2.05, 4.69) is 22.9 Å². The van der Waals surface area contributed by atoms with Gasteiger partial charge in [0.2, 0.25) is 0 Å². The Balaban J connectivity index is 2.09. The molecule has 1 aromatic carbocycles. The first-order valence-corrected chi connectivity index (χ1v) is 7.59. The number of benzene rings is 1. The summed E-state index contributed by atoms with van der Waals surface area (Å²) >= 11 is 3.42. The summed E-state index contributed by atoms with van der Waals surface area (Å²) < 4.78 is 6.81. The van der Waals surface area contributed by atoms with Gasteiger partial charge in [0.1, 0.15) is 5.75 Å². The molecule has 0 saturated heterocycles. The van der Waals surface area contributed by atoms with Crippen LogP contribution >= 0.6 is 15.9 Å². The van der Waals surface area contributed by atoms with Crippen LogP contribution < -0.4 is 4.74 Å².